The molecule has 1 saturated heterocycles. The summed E-state index contributed by atoms with van der Waals surface area (Å²) in [6.45, 7) is 4.08. The molecule has 1 saturated carbocycles. The van der Waals surface area contributed by atoms with Gasteiger partial charge in [0.2, 0.25) is 0 Å². The summed E-state index contributed by atoms with van der Waals surface area (Å²) in [4.78, 5) is 17.5. The number of rotatable bonds is 6. The van der Waals surface area contributed by atoms with Crippen molar-refractivity contribution in [1.29, 1.82) is 0 Å². The number of nitro benzene ring substituents is 1. The second-order valence-corrected chi connectivity index (χ2v) is 8.08. The molecule has 1 aromatic carbocycles. The van der Waals surface area contributed by atoms with E-state index in [1.54, 1.807) is 19.2 Å². The molecule has 1 heterocycles. The molecule has 1 aliphatic heterocycles. The molecule has 0 radical (unpaired) electrons. The van der Waals surface area contributed by atoms with Crippen molar-refractivity contribution in [3.63, 3.8) is 0 Å². The first-order valence-electron chi connectivity index (χ1n) is 10.6. The summed E-state index contributed by atoms with van der Waals surface area (Å²) in [5.41, 5.74) is 0.993. The van der Waals surface area contributed by atoms with Gasteiger partial charge in [0.15, 0.2) is 5.96 Å². The molecule has 0 amide bonds. The molecule has 2 aliphatic rings. The molecule has 1 aliphatic carbocycles. The predicted octanol–water partition coefficient (Wildman–Crippen LogP) is 3.92. The molecule has 0 aromatic heterocycles. The number of piperidine rings is 1. The molecule has 3 rings (SSSR count). The number of guanidine groups is 1. The smallest absolute Gasteiger partial charge is 0.269 e. The average Bonchev–Trinajstić information content (AvgIpc) is 2.73. The van der Waals surface area contributed by atoms with Crippen molar-refractivity contribution in [2.24, 2.45) is 10.9 Å². The lowest BCUT2D eigenvalue weighted by atomic mass is 9.88. The van der Waals surface area contributed by atoms with Crippen molar-refractivity contribution < 1.29 is 4.92 Å². The van der Waals surface area contributed by atoms with Crippen LogP contribution in [0.1, 0.15) is 50.5 Å². The quantitative estimate of drug-likeness (QED) is 0.197. The Labute approximate surface area is 190 Å². The van der Waals surface area contributed by atoms with Crippen LogP contribution in [0.25, 0.3) is 0 Å². The maximum atomic E-state index is 10.9. The Bertz CT molecular complexity index is 671. The van der Waals surface area contributed by atoms with Crippen LogP contribution in [0.3, 0.4) is 0 Å². The van der Waals surface area contributed by atoms with Crippen molar-refractivity contribution in [3.05, 3.63) is 39.9 Å². The summed E-state index contributed by atoms with van der Waals surface area (Å²) >= 11 is 0. The summed E-state index contributed by atoms with van der Waals surface area (Å²) in [5, 5.41) is 17.7. The third-order valence-corrected chi connectivity index (χ3v) is 5.97. The monoisotopic (exact) mass is 515 g/mol. The zero-order valence-corrected chi connectivity index (χ0v) is 19.6. The van der Waals surface area contributed by atoms with Gasteiger partial charge < -0.3 is 15.5 Å². The van der Waals surface area contributed by atoms with E-state index in [0.29, 0.717) is 12.6 Å². The van der Waals surface area contributed by atoms with Crippen LogP contribution in [0.5, 0.6) is 0 Å². The molecular weight excluding hydrogens is 481 g/mol. The normalized spacial score (nSPS) is 19.4. The van der Waals surface area contributed by atoms with E-state index in [4.69, 9.17) is 0 Å². The third-order valence-electron chi connectivity index (χ3n) is 5.97. The van der Waals surface area contributed by atoms with Crippen LogP contribution in [-0.2, 0) is 6.54 Å². The van der Waals surface area contributed by atoms with Gasteiger partial charge in [0, 0.05) is 51.4 Å². The second-order valence-electron chi connectivity index (χ2n) is 8.08. The Morgan fingerprint density at radius 1 is 1.21 bits per heavy atom. The van der Waals surface area contributed by atoms with E-state index in [0.717, 1.165) is 43.4 Å². The molecule has 2 N–H and O–H groups in total. The van der Waals surface area contributed by atoms with Crippen molar-refractivity contribution in [1.82, 2.24) is 15.5 Å². The van der Waals surface area contributed by atoms with Crippen LogP contribution in [0.2, 0.25) is 0 Å². The lowest BCUT2D eigenvalue weighted by Gasteiger charge is -2.36. The van der Waals surface area contributed by atoms with Gasteiger partial charge in [-0.3, -0.25) is 15.1 Å². The number of halogens is 1. The van der Waals surface area contributed by atoms with Crippen molar-refractivity contribution in [2.75, 3.05) is 26.7 Å². The Morgan fingerprint density at radius 2 is 1.93 bits per heavy atom. The fraction of sp³-hybridized carbons (Fsp3) is 0.667. The van der Waals surface area contributed by atoms with Crippen molar-refractivity contribution in [3.8, 4) is 0 Å². The van der Waals surface area contributed by atoms with Gasteiger partial charge in [0.25, 0.3) is 5.69 Å². The second kappa shape index (κ2) is 12.3. The molecule has 0 spiro atoms. The number of likely N-dealkylation sites (tertiary alicyclic amines) is 1. The molecule has 1 aromatic rings. The van der Waals surface area contributed by atoms with E-state index in [9.17, 15) is 10.1 Å². The third kappa shape index (κ3) is 7.73. The first-order chi connectivity index (χ1) is 13.6. The molecular formula is C21H34IN5O2. The van der Waals surface area contributed by atoms with E-state index in [2.05, 4.69) is 20.5 Å². The molecule has 162 valence electrons. The van der Waals surface area contributed by atoms with Gasteiger partial charge >= 0.3 is 0 Å². The minimum atomic E-state index is -0.363. The van der Waals surface area contributed by atoms with E-state index >= 15 is 0 Å². The maximum Gasteiger partial charge on any atom is 0.269 e. The molecule has 7 nitrogen and oxygen atoms in total. The first kappa shape index (κ1) is 23.9. The van der Waals surface area contributed by atoms with E-state index < -0.39 is 0 Å². The zero-order valence-electron chi connectivity index (χ0n) is 17.3. The number of non-ortho nitro benzene ring substituents is 1. The highest BCUT2D eigenvalue weighted by Gasteiger charge is 2.23. The minimum Gasteiger partial charge on any atom is -0.354 e. The molecule has 0 unspecified atom stereocenters. The number of aliphatic imine (C=N–C) groups is 1. The number of benzene rings is 1. The number of nitrogens with zero attached hydrogens (tertiary/aromatic N) is 3. The Hall–Kier alpha value is -1.42. The summed E-state index contributed by atoms with van der Waals surface area (Å²) in [5.74, 6) is 1.67. The predicted molar refractivity (Wildman–Crippen MR) is 128 cm³/mol. The number of hydrogen-bond acceptors (Lipinski definition) is 4. The van der Waals surface area contributed by atoms with Gasteiger partial charge in [-0.15, -0.1) is 24.0 Å². The van der Waals surface area contributed by atoms with Crippen LogP contribution in [0.15, 0.2) is 29.3 Å². The highest BCUT2D eigenvalue weighted by molar-refractivity contribution is 14.0. The van der Waals surface area contributed by atoms with Crippen LogP contribution >= 0.6 is 24.0 Å². The van der Waals surface area contributed by atoms with Gasteiger partial charge in [-0.05, 0) is 37.2 Å². The van der Waals surface area contributed by atoms with E-state index in [1.165, 1.54) is 44.7 Å². The molecule has 8 heteroatoms. The lowest BCUT2D eigenvalue weighted by molar-refractivity contribution is -0.384. The van der Waals surface area contributed by atoms with E-state index in [1.807, 2.05) is 6.07 Å². The summed E-state index contributed by atoms with van der Waals surface area (Å²) in [7, 11) is 1.76. The molecule has 0 bridgehead atoms. The standard InChI is InChI=1S/C21H33N5O2.HI/c1-22-21(23-15-18-8-5-9-20(14-18)26(27)28)24-19-10-12-25(13-11-19)16-17-6-3-2-4-7-17;/h5,8-9,14,17,19H,2-4,6-7,10-13,15-16H2,1H3,(H2,22,23,24);1H. The Morgan fingerprint density at radius 3 is 2.59 bits per heavy atom. The van der Waals surface area contributed by atoms with Crippen LogP contribution in [0, 0.1) is 16.0 Å². The number of hydrogen-bond donors (Lipinski definition) is 2. The largest absolute Gasteiger partial charge is 0.354 e. The fourth-order valence-corrected chi connectivity index (χ4v) is 4.35. The van der Waals surface area contributed by atoms with Crippen LogP contribution < -0.4 is 10.6 Å². The maximum absolute atomic E-state index is 10.9. The molecule has 2 fully saturated rings. The van der Waals surface area contributed by atoms with Gasteiger partial charge in [-0.1, -0.05) is 31.4 Å². The van der Waals surface area contributed by atoms with Gasteiger partial charge in [-0.2, -0.15) is 0 Å². The number of nitro groups is 1. The van der Waals surface area contributed by atoms with Crippen molar-refractivity contribution >= 4 is 35.6 Å². The highest BCUT2D eigenvalue weighted by Crippen LogP contribution is 2.25. The van der Waals surface area contributed by atoms with E-state index in [-0.39, 0.29) is 34.6 Å². The van der Waals surface area contributed by atoms with Gasteiger partial charge in [0.1, 0.15) is 0 Å². The lowest BCUT2D eigenvalue weighted by Crippen LogP contribution is -2.49. The molecule has 0 atom stereocenters. The Kier molecular flexibility index (Phi) is 10.1. The SMILES string of the molecule is CN=C(NCc1cccc([N+](=O)[O-])c1)NC1CCN(CC2CCCCC2)CC1.I. The minimum absolute atomic E-state index is 0. The topological polar surface area (TPSA) is 82.8 Å². The Balaban J connectivity index is 0.00000300. The summed E-state index contributed by atoms with van der Waals surface area (Å²) in [6, 6.07) is 7.14. The average molecular weight is 515 g/mol. The summed E-state index contributed by atoms with van der Waals surface area (Å²) < 4.78 is 0. The highest BCUT2D eigenvalue weighted by atomic mass is 127. The number of nitrogens with one attached hydrogen (secondary N) is 2. The zero-order chi connectivity index (χ0) is 19.8. The van der Waals surface area contributed by atoms with Gasteiger partial charge in [-0.25, -0.2) is 0 Å². The molecule has 29 heavy (non-hydrogen) atoms. The van der Waals surface area contributed by atoms with Crippen LogP contribution in [0.4, 0.5) is 5.69 Å². The first-order valence-corrected chi connectivity index (χ1v) is 10.6. The van der Waals surface area contributed by atoms with Crippen LogP contribution in [-0.4, -0.2) is 48.5 Å². The summed E-state index contributed by atoms with van der Waals surface area (Å²) in [6.07, 6.45) is 9.32. The van der Waals surface area contributed by atoms with Crippen molar-refractivity contribution in [2.45, 2.75) is 57.5 Å². The van der Waals surface area contributed by atoms with Gasteiger partial charge in [0.05, 0.1) is 4.92 Å². The fourth-order valence-electron chi connectivity index (χ4n) is 4.35.